The van der Waals surface area contributed by atoms with Crippen LogP contribution < -0.4 is 44.2 Å². The molecule has 0 aromatic heterocycles. The van der Waals surface area contributed by atoms with Gasteiger partial charge >= 0.3 is 0 Å². The highest BCUT2D eigenvalue weighted by Gasteiger charge is 2.16. The van der Waals surface area contributed by atoms with Gasteiger partial charge in [0, 0.05) is 76.1 Å². The molecule has 0 aromatic rings. The molecule has 0 bridgehead atoms. The minimum absolute atomic E-state index is 0.0279. The van der Waals surface area contributed by atoms with E-state index in [4.69, 9.17) is 33.8 Å². The maximum atomic E-state index is 11.9. The maximum Gasteiger partial charge on any atom is 0.244 e. The van der Waals surface area contributed by atoms with Gasteiger partial charge in [0.2, 0.25) is 23.6 Å². The highest BCUT2D eigenvalue weighted by Crippen LogP contribution is 2.01. The minimum Gasteiger partial charge on any atom is -0.391 e. The summed E-state index contributed by atoms with van der Waals surface area (Å²) < 4.78 is 0. The van der Waals surface area contributed by atoms with Crippen molar-refractivity contribution in [1.29, 1.82) is 10.8 Å². The molecule has 0 fully saturated rings. The van der Waals surface area contributed by atoms with Crippen LogP contribution in [0.25, 0.3) is 0 Å². The number of carbonyl (C=O) groups excluding carboxylic acids is 4. The fraction of sp³-hybridized carbons (Fsp3) is 0.583. The van der Waals surface area contributed by atoms with Gasteiger partial charge in [0.05, 0.1) is 23.9 Å². The summed E-state index contributed by atoms with van der Waals surface area (Å²) in [5, 5.41) is 44.3. The highest BCUT2D eigenvalue weighted by atomic mass is 16.3. The summed E-state index contributed by atoms with van der Waals surface area (Å²) in [7, 11) is 0. The second-order valence-corrected chi connectivity index (χ2v) is 9.17. The molecule has 16 N–H and O–H groups in total. The summed E-state index contributed by atoms with van der Waals surface area (Å²) in [4.78, 5) is 47.2. The van der Waals surface area contributed by atoms with Crippen molar-refractivity contribution in [2.75, 3.05) is 26.2 Å². The van der Waals surface area contributed by atoms with Gasteiger partial charge in [-0.3, -0.25) is 30.0 Å². The zero-order chi connectivity index (χ0) is 30.5. The van der Waals surface area contributed by atoms with Gasteiger partial charge in [0.25, 0.3) is 0 Å². The number of amides is 4. The molecule has 226 valence electrons. The zero-order valence-corrected chi connectivity index (χ0v) is 22.5. The van der Waals surface area contributed by atoms with Crippen LogP contribution in [0.4, 0.5) is 0 Å². The van der Waals surface area contributed by atoms with E-state index in [9.17, 15) is 29.4 Å². The molecule has 0 aromatic carbocycles. The highest BCUT2D eigenvalue weighted by molar-refractivity contribution is 5.89. The van der Waals surface area contributed by atoms with E-state index in [2.05, 4.69) is 21.3 Å². The first-order valence-corrected chi connectivity index (χ1v) is 12.7. The van der Waals surface area contributed by atoms with E-state index in [0.29, 0.717) is 0 Å². The first-order valence-electron chi connectivity index (χ1n) is 12.7. The number of nitrogens with two attached hydrogens (primary N) is 4. The molecule has 0 aliphatic carbocycles. The van der Waals surface area contributed by atoms with E-state index in [1.807, 2.05) is 0 Å². The lowest BCUT2D eigenvalue weighted by molar-refractivity contribution is -0.122. The van der Waals surface area contributed by atoms with Crippen LogP contribution in [0, 0.1) is 10.8 Å². The van der Waals surface area contributed by atoms with E-state index in [1.165, 1.54) is 12.2 Å². The smallest absolute Gasteiger partial charge is 0.244 e. The fourth-order valence-corrected chi connectivity index (χ4v) is 3.17. The summed E-state index contributed by atoms with van der Waals surface area (Å²) in [6, 6.07) is -1.25. The van der Waals surface area contributed by atoms with Gasteiger partial charge in [-0.1, -0.05) is 12.2 Å². The molecule has 0 aliphatic rings. The van der Waals surface area contributed by atoms with Gasteiger partial charge in [-0.25, -0.2) is 0 Å². The quantitative estimate of drug-likeness (QED) is 0.0277. The lowest BCUT2D eigenvalue weighted by Crippen LogP contribution is -2.38. The van der Waals surface area contributed by atoms with Crippen molar-refractivity contribution in [3.63, 3.8) is 0 Å². The molecule has 0 aliphatic heterocycles. The Kier molecular flexibility index (Phi) is 19.0. The number of hydrogen-bond donors (Lipinski definition) is 12. The van der Waals surface area contributed by atoms with Crippen molar-refractivity contribution < 1.29 is 29.4 Å². The number of aliphatic hydroxyl groups is 2. The lowest BCUT2D eigenvalue weighted by atomic mass is 10.1. The Morgan fingerprint density at radius 1 is 0.675 bits per heavy atom. The molecule has 0 heterocycles. The van der Waals surface area contributed by atoms with Crippen LogP contribution >= 0.6 is 0 Å². The molecule has 16 heteroatoms. The Balaban J connectivity index is 4.14. The van der Waals surface area contributed by atoms with Gasteiger partial charge in [-0.15, -0.1) is 0 Å². The van der Waals surface area contributed by atoms with E-state index in [-0.39, 0.29) is 88.2 Å². The fourth-order valence-electron chi connectivity index (χ4n) is 3.17. The van der Waals surface area contributed by atoms with Crippen molar-refractivity contribution in [2.24, 2.45) is 22.9 Å². The van der Waals surface area contributed by atoms with Crippen molar-refractivity contribution >= 4 is 35.3 Å². The molecule has 0 saturated carbocycles. The first kappa shape index (κ1) is 36.1. The Bertz CT molecular complexity index is 839. The second kappa shape index (κ2) is 21.0. The van der Waals surface area contributed by atoms with Crippen molar-refractivity contribution in [3.05, 3.63) is 24.3 Å². The molecule has 0 rings (SSSR count). The van der Waals surface area contributed by atoms with Gasteiger partial charge in [0.1, 0.15) is 0 Å². The van der Waals surface area contributed by atoms with Crippen LogP contribution in [0.2, 0.25) is 0 Å². The Labute approximate surface area is 233 Å². The van der Waals surface area contributed by atoms with Crippen LogP contribution in [-0.4, -0.2) is 96.0 Å². The van der Waals surface area contributed by atoms with Crippen LogP contribution in [0.15, 0.2) is 24.3 Å². The summed E-state index contributed by atoms with van der Waals surface area (Å²) in [6.07, 6.45) is 3.54. The SMILES string of the molecule is N=C(N)CCNC(=O)CC(N)CC(O)CNC(=O)/C=C/C=C/C(=O)NCC(O)CC(N)CC(=O)NCCC(=N)N. The topological polar surface area (TPSA) is 309 Å². The van der Waals surface area contributed by atoms with E-state index >= 15 is 0 Å². The number of nitrogens with one attached hydrogen (secondary N) is 6. The molecule has 4 unspecified atom stereocenters. The average molecular weight is 569 g/mol. The van der Waals surface area contributed by atoms with Crippen molar-refractivity contribution in [2.45, 2.75) is 62.8 Å². The summed E-state index contributed by atoms with van der Waals surface area (Å²) in [6.45, 7) is 0.275. The van der Waals surface area contributed by atoms with Gasteiger partial charge < -0.3 is 54.4 Å². The summed E-state index contributed by atoms with van der Waals surface area (Å²) >= 11 is 0. The molecule has 0 spiro atoms. The third-order valence-corrected chi connectivity index (χ3v) is 5.11. The third-order valence-electron chi connectivity index (χ3n) is 5.11. The molecule has 4 atom stereocenters. The maximum absolute atomic E-state index is 11.9. The normalized spacial score (nSPS) is 14.2. The molecule has 40 heavy (non-hydrogen) atoms. The van der Waals surface area contributed by atoms with E-state index < -0.39 is 36.1 Å². The lowest BCUT2D eigenvalue weighted by Gasteiger charge is -2.16. The Morgan fingerprint density at radius 2 is 1.02 bits per heavy atom. The van der Waals surface area contributed by atoms with Crippen LogP contribution in [0.3, 0.4) is 0 Å². The number of rotatable bonds is 21. The molecule has 4 amide bonds. The molecular weight excluding hydrogens is 524 g/mol. The van der Waals surface area contributed by atoms with Gasteiger partial charge in [-0.2, -0.15) is 0 Å². The van der Waals surface area contributed by atoms with Crippen LogP contribution in [-0.2, 0) is 19.2 Å². The molecule has 16 nitrogen and oxygen atoms in total. The third kappa shape index (κ3) is 22.2. The molecular formula is C24H44N10O6. The van der Waals surface area contributed by atoms with Crippen molar-refractivity contribution in [3.8, 4) is 0 Å². The monoisotopic (exact) mass is 568 g/mol. The number of carbonyl (C=O) groups is 4. The standard InChI is InChI=1S/C24H44N10O6/c25-15(11-23(39)31-7-5-19(27)28)9-17(35)13-33-21(37)3-1-2-4-22(38)34-14-18(36)10-16(26)12-24(40)32-8-6-20(29)30/h1-4,15-18,35-36H,5-14,25-26H2,(H3,27,28)(H3,29,30)(H,31,39)(H,32,40)(H,33,37)(H,34,38)/b3-1+,4-2+. The Morgan fingerprint density at radius 3 is 1.35 bits per heavy atom. The van der Waals surface area contributed by atoms with Crippen molar-refractivity contribution in [1.82, 2.24) is 21.3 Å². The Hall–Kier alpha value is -3.86. The minimum atomic E-state index is -0.973. The number of amidine groups is 2. The predicted molar refractivity (Wildman–Crippen MR) is 150 cm³/mol. The van der Waals surface area contributed by atoms with E-state index in [0.717, 1.165) is 12.2 Å². The molecule has 0 saturated heterocycles. The summed E-state index contributed by atoms with van der Waals surface area (Å²) in [5.74, 6) is -1.78. The van der Waals surface area contributed by atoms with Crippen LogP contribution in [0.5, 0.6) is 0 Å². The van der Waals surface area contributed by atoms with Gasteiger partial charge in [-0.05, 0) is 12.8 Å². The zero-order valence-electron chi connectivity index (χ0n) is 22.5. The molecule has 0 radical (unpaired) electrons. The number of aliphatic hydroxyl groups excluding tert-OH is 2. The number of hydrogen-bond acceptors (Lipinski definition) is 10. The first-order chi connectivity index (χ1) is 18.8. The second-order valence-electron chi connectivity index (χ2n) is 9.17. The van der Waals surface area contributed by atoms with Gasteiger partial charge in [0.15, 0.2) is 0 Å². The number of allylic oxidation sites excluding steroid dienone is 2. The predicted octanol–water partition coefficient (Wildman–Crippen LogP) is -3.85. The van der Waals surface area contributed by atoms with E-state index in [1.54, 1.807) is 0 Å². The average Bonchev–Trinajstić information content (AvgIpc) is 2.83. The van der Waals surface area contributed by atoms with Crippen LogP contribution in [0.1, 0.15) is 38.5 Å². The summed E-state index contributed by atoms with van der Waals surface area (Å²) in [5.41, 5.74) is 22.1. The largest absolute Gasteiger partial charge is 0.391 e.